The smallest absolute Gasteiger partial charge is 0.248 e. The number of benzene rings is 1. The normalized spacial score (nSPS) is 16.0. The highest BCUT2D eigenvalue weighted by atomic mass is 35.5. The molecule has 3 rings (SSSR count). The Morgan fingerprint density at radius 2 is 2.19 bits per heavy atom. The number of carbonyl (C=O) groups excluding carboxylic acids is 1. The maximum atomic E-state index is 12.5. The molecule has 0 N–H and O–H groups in total. The van der Waals surface area contributed by atoms with Gasteiger partial charge in [-0.05, 0) is 41.4 Å². The summed E-state index contributed by atoms with van der Waals surface area (Å²) in [5, 5.41) is 4.37. The molecule has 0 unspecified atom stereocenters. The summed E-state index contributed by atoms with van der Waals surface area (Å²) in [5.74, 6) is 1.19. The predicted octanol–water partition coefficient (Wildman–Crippen LogP) is 3.11. The number of oxime groups is 1. The van der Waals surface area contributed by atoms with Crippen LogP contribution in [0.4, 0.5) is 0 Å². The van der Waals surface area contributed by atoms with Gasteiger partial charge in [0.1, 0.15) is 18.1 Å². The zero-order valence-corrected chi connectivity index (χ0v) is 15.9. The van der Waals surface area contributed by atoms with Crippen molar-refractivity contribution < 1.29 is 23.5 Å². The number of furan rings is 1. The maximum absolute atomic E-state index is 12.5. The van der Waals surface area contributed by atoms with Crippen LogP contribution in [-0.2, 0) is 20.9 Å². The Labute approximate surface area is 162 Å². The summed E-state index contributed by atoms with van der Waals surface area (Å²) in [6, 6.07) is 11.0. The molecule has 1 amide bonds. The van der Waals surface area contributed by atoms with Gasteiger partial charge in [0.05, 0.1) is 13.7 Å². The zero-order chi connectivity index (χ0) is 19.2. The minimum absolute atomic E-state index is 0.00179. The van der Waals surface area contributed by atoms with E-state index in [1.807, 2.05) is 24.3 Å². The molecular formula is C19H21ClN2O5. The minimum atomic E-state index is -0.268. The highest BCUT2D eigenvalue weighted by Crippen LogP contribution is 2.22. The molecule has 1 atom stereocenters. The summed E-state index contributed by atoms with van der Waals surface area (Å²) >= 11 is 5.81. The maximum Gasteiger partial charge on any atom is 0.248 e. The van der Waals surface area contributed by atoms with Crippen LogP contribution in [0.3, 0.4) is 0 Å². The van der Waals surface area contributed by atoms with E-state index in [4.69, 9.17) is 30.3 Å². The van der Waals surface area contributed by atoms with Gasteiger partial charge >= 0.3 is 0 Å². The summed E-state index contributed by atoms with van der Waals surface area (Å²) in [4.78, 5) is 19.7. The van der Waals surface area contributed by atoms with Crippen LogP contribution in [0, 0.1) is 0 Å². The molecule has 144 valence electrons. The topological polar surface area (TPSA) is 73.5 Å². The lowest BCUT2D eigenvalue weighted by Crippen LogP contribution is -2.39. The highest BCUT2D eigenvalue weighted by molar-refractivity contribution is 6.29. The van der Waals surface area contributed by atoms with Crippen molar-refractivity contribution in [3.63, 3.8) is 0 Å². The average molecular weight is 393 g/mol. The first kappa shape index (κ1) is 19.3. The lowest BCUT2D eigenvalue weighted by Gasteiger charge is -2.25. The van der Waals surface area contributed by atoms with Crippen LogP contribution in [0.15, 0.2) is 46.0 Å². The summed E-state index contributed by atoms with van der Waals surface area (Å²) in [7, 11) is 3.11. The largest absolute Gasteiger partial charge is 0.497 e. The summed E-state index contributed by atoms with van der Waals surface area (Å²) < 4.78 is 15.6. The zero-order valence-electron chi connectivity index (χ0n) is 15.2. The number of hydrogen-bond acceptors (Lipinski definition) is 6. The molecule has 8 heteroatoms. The number of nitrogens with zero attached hydrogens (tertiary/aromatic N) is 2. The van der Waals surface area contributed by atoms with Crippen LogP contribution < -0.4 is 4.74 Å². The van der Waals surface area contributed by atoms with Gasteiger partial charge in [-0.15, -0.1) is 0 Å². The van der Waals surface area contributed by atoms with Crippen LogP contribution in [0.25, 0.3) is 0 Å². The molecule has 2 heterocycles. The van der Waals surface area contributed by atoms with E-state index in [2.05, 4.69) is 5.16 Å². The first-order valence-electron chi connectivity index (χ1n) is 8.47. The first-order valence-corrected chi connectivity index (χ1v) is 8.85. The molecule has 0 saturated carbocycles. The van der Waals surface area contributed by atoms with Gasteiger partial charge in [0, 0.05) is 20.1 Å². The number of rotatable bonds is 8. The van der Waals surface area contributed by atoms with E-state index in [1.165, 1.54) is 7.11 Å². The summed E-state index contributed by atoms with van der Waals surface area (Å²) in [6.45, 7) is 0.792. The molecule has 7 nitrogen and oxygen atoms in total. The fraction of sp³-hybridized carbons (Fsp3) is 0.368. The van der Waals surface area contributed by atoms with E-state index < -0.39 is 0 Å². The first-order chi connectivity index (χ1) is 13.1. The van der Waals surface area contributed by atoms with E-state index >= 15 is 0 Å². The lowest BCUT2D eigenvalue weighted by molar-refractivity contribution is -0.137. The third-order valence-corrected chi connectivity index (χ3v) is 4.35. The SMILES string of the molecule is COCC(=O)N(Cc1cccc(OC)c1)C[C@@H]1CC(c2ccc(Cl)o2)=NO1. The van der Waals surface area contributed by atoms with Crippen LogP contribution >= 0.6 is 11.6 Å². The fourth-order valence-corrected chi connectivity index (χ4v) is 2.99. The number of hydrogen-bond donors (Lipinski definition) is 0. The lowest BCUT2D eigenvalue weighted by atomic mass is 10.1. The van der Waals surface area contributed by atoms with Crippen molar-refractivity contribution in [2.75, 3.05) is 27.4 Å². The molecule has 0 fully saturated rings. The monoisotopic (exact) mass is 392 g/mol. The summed E-state index contributed by atoms with van der Waals surface area (Å²) in [6.07, 6.45) is 0.258. The summed E-state index contributed by atoms with van der Waals surface area (Å²) in [5.41, 5.74) is 1.63. The molecular weight excluding hydrogens is 372 g/mol. The van der Waals surface area contributed by atoms with Crippen molar-refractivity contribution >= 4 is 23.2 Å². The van der Waals surface area contributed by atoms with E-state index in [0.29, 0.717) is 36.2 Å². The molecule has 0 spiro atoms. The third kappa shape index (κ3) is 5.02. The van der Waals surface area contributed by atoms with Crippen molar-refractivity contribution in [3.05, 3.63) is 52.9 Å². The van der Waals surface area contributed by atoms with Crippen molar-refractivity contribution in [1.29, 1.82) is 0 Å². The van der Waals surface area contributed by atoms with Crippen LogP contribution in [0.1, 0.15) is 17.7 Å². The van der Waals surface area contributed by atoms with Gasteiger partial charge in [0.15, 0.2) is 17.1 Å². The Morgan fingerprint density at radius 3 is 2.89 bits per heavy atom. The van der Waals surface area contributed by atoms with Gasteiger partial charge in [0.25, 0.3) is 0 Å². The van der Waals surface area contributed by atoms with Crippen molar-refractivity contribution in [1.82, 2.24) is 4.90 Å². The van der Waals surface area contributed by atoms with Gasteiger partial charge in [-0.2, -0.15) is 0 Å². The van der Waals surface area contributed by atoms with Crippen LogP contribution in [-0.4, -0.2) is 50.0 Å². The van der Waals surface area contributed by atoms with E-state index in [-0.39, 0.29) is 18.6 Å². The standard InChI is InChI=1S/C19H21ClN2O5/c1-24-12-19(23)22(10-13-4-3-5-14(8-13)25-2)11-15-9-16(21-27-15)17-6-7-18(20)26-17/h3-8,15H,9-12H2,1-2H3/t15-/m0/s1. The van der Waals surface area contributed by atoms with Crippen molar-refractivity contribution in [3.8, 4) is 5.75 Å². The number of amides is 1. The Kier molecular flexibility index (Phi) is 6.36. The molecule has 0 radical (unpaired) electrons. The Hall–Kier alpha value is -2.51. The van der Waals surface area contributed by atoms with E-state index in [9.17, 15) is 4.79 Å². The number of ether oxygens (including phenoxy) is 2. The molecule has 1 aromatic heterocycles. The molecule has 0 bridgehead atoms. The van der Waals surface area contributed by atoms with Crippen LogP contribution in [0.5, 0.6) is 5.75 Å². The second-order valence-electron chi connectivity index (χ2n) is 6.13. The second-order valence-corrected chi connectivity index (χ2v) is 6.50. The molecule has 1 aliphatic heterocycles. The molecule has 0 saturated heterocycles. The highest BCUT2D eigenvalue weighted by Gasteiger charge is 2.28. The van der Waals surface area contributed by atoms with E-state index in [1.54, 1.807) is 24.1 Å². The quantitative estimate of drug-likeness (QED) is 0.690. The van der Waals surface area contributed by atoms with E-state index in [0.717, 1.165) is 11.3 Å². The Bertz CT molecular complexity index is 820. The Balaban J connectivity index is 1.66. The Morgan fingerprint density at radius 1 is 1.33 bits per heavy atom. The van der Waals surface area contributed by atoms with Gasteiger partial charge in [-0.25, -0.2) is 0 Å². The number of halogens is 1. The molecule has 1 aliphatic rings. The average Bonchev–Trinajstić information content (AvgIpc) is 3.30. The molecule has 0 aliphatic carbocycles. The molecule has 2 aromatic rings. The number of methoxy groups -OCH3 is 2. The van der Waals surface area contributed by atoms with Gasteiger partial charge < -0.3 is 23.6 Å². The molecule has 1 aromatic carbocycles. The fourth-order valence-electron chi connectivity index (χ4n) is 2.85. The predicted molar refractivity (Wildman–Crippen MR) is 100 cm³/mol. The number of carbonyl (C=O) groups is 1. The third-order valence-electron chi connectivity index (χ3n) is 4.14. The van der Waals surface area contributed by atoms with Crippen LogP contribution in [0.2, 0.25) is 5.22 Å². The van der Waals surface area contributed by atoms with Crippen molar-refractivity contribution in [2.45, 2.75) is 19.1 Å². The van der Waals surface area contributed by atoms with Gasteiger partial charge in [-0.3, -0.25) is 4.79 Å². The minimum Gasteiger partial charge on any atom is -0.497 e. The molecule has 27 heavy (non-hydrogen) atoms. The second kappa shape index (κ2) is 8.92. The van der Waals surface area contributed by atoms with Gasteiger partial charge in [0.2, 0.25) is 5.91 Å². The van der Waals surface area contributed by atoms with Gasteiger partial charge in [-0.1, -0.05) is 17.3 Å². The van der Waals surface area contributed by atoms with Crippen molar-refractivity contribution in [2.24, 2.45) is 5.16 Å².